The molecule has 1 saturated carbocycles. The highest BCUT2D eigenvalue weighted by Crippen LogP contribution is 2.34. The zero-order valence-electron chi connectivity index (χ0n) is 7.26. The number of hydrogen-bond donors (Lipinski definition) is 3. The van der Waals surface area contributed by atoms with Gasteiger partial charge in [-0.15, -0.1) is 0 Å². The van der Waals surface area contributed by atoms with Crippen LogP contribution >= 0.6 is 0 Å². The van der Waals surface area contributed by atoms with Crippen molar-refractivity contribution in [3.05, 3.63) is 0 Å². The fourth-order valence-corrected chi connectivity index (χ4v) is 1.39. The fraction of sp³-hybridized carbons (Fsp3) is 0.857. The molecule has 1 fully saturated rings. The molecule has 6 heteroatoms. The predicted molar refractivity (Wildman–Crippen MR) is 46.1 cm³/mol. The van der Waals surface area contributed by atoms with Crippen molar-refractivity contribution in [2.24, 2.45) is 16.6 Å². The molecule has 5 N–H and O–H groups in total. The Morgan fingerprint density at radius 2 is 1.92 bits per heavy atom. The number of guanidine groups is 1. The Bertz CT molecular complexity index is 195. The molecular weight excluding hydrogens is 178 g/mol. The molecule has 1 rings (SSSR count). The second-order valence-electron chi connectivity index (χ2n) is 3.25. The standard InChI is InChI=1S/C7H14F2N4/c8-7(9)3-1-5(2-4-7)12-6(10)13-11/h5H,1-4,11H2,(H3,10,12,13). The van der Waals surface area contributed by atoms with Crippen molar-refractivity contribution in [2.75, 3.05) is 0 Å². The molecule has 76 valence electrons. The molecule has 0 amide bonds. The van der Waals surface area contributed by atoms with E-state index < -0.39 is 5.92 Å². The lowest BCUT2D eigenvalue weighted by Crippen LogP contribution is -2.39. The van der Waals surface area contributed by atoms with E-state index in [1.165, 1.54) is 0 Å². The zero-order valence-corrected chi connectivity index (χ0v) is 7.26. The first-order chi connectivity index (χ1) is 6.03. The van der Waals surface area contributed by atoms with Crippen LogP contribution in [0.4, 0.5) is 8.78 Å². The number of nitrogens with one attached hydrogen (secondary N) is 1. The number of nitrogens with zero attached hydrogens (tertiary/aromatic N) is 1. The van der Waals surface area contributed by atoms with Crippen LogP contribution in [0.25, 0.3) is 0 Å². The Labute approximate surface area is 75.3 Å². The Hall–Kier alpha value is -0.910. The van der Waals surface area contributed by atoms with Crippen LogP contribution < -0.4 is 17.0 Å². The maximum absolute atomic E-state index is 12.7. The first-order valence-corrected chi connectivity index (χ1v) is 4.21. The van der Waals surface area contributed by atoms with Gasteiger partial charge in [0.25, 0.3) is 0 Å². The lowest BCUT2D eigenvalue weighted by molar-refractivity contribution is -0.0373. The van der Waals surface area contributed by atoms with Gasteiger partial charge in [0, 0.05) is 12.8 Å². The molecule has 13 heavy (non-hydrogen) atoms. The molecular formula is C7H14F2N4. The average Bonchev–Trinajstić information content (AvgIpc) is 2.08. The van der Waals surface area contributed by atoms with Gasteiger partial charge in [0.1, 0.15) is 0 Å². The van der Waals surface area contributed by atoms with Crippen LogP contribution in [-0.2, 0) is 0 Å². The second kappa shape index (κ2) is 3.87. The number of rotatable bonds is 1. The van der Waals surface area contributed by atoms with Crippen LogP contribution in [-0.4, -0.2) is 17.9 Å². The summed E-state index contributed by atoms with van der Waals surface area (Å²) in [5, 5.41) is 0. The van der Waals surface area contributed by atoms with Gasteiger partial charge in [-0.3, -0.25) is 5.43 Å². The highest BCUT2D eigenvalue weighted by molar-refractivity contribution is 5.77. The third-order valence-electron chi connectivity index (χ3n) is 2.16. The van der Waals surface area contributed by atoms with Crippen molar-refractivity contribution in [1.29, 1.82) is 0 Å². The van der Waals surface area contributed by atoms with Gasteiger partial charge in [0.2, 0.25) is 11.9 Å². The Morgan fingerprint density at radius 3 is 2.38 bits per heavy atom. The minimum atomic E-state index is -2.52. The van der Waals surface area contributed by atoms with Gasteiger partial charge < -0.3 is 5.73 Å². The minimum Gasteiger partial charge on any atom is -0.369 e. The quantitative estimate of drug-likeness (QED) is 0.243. The van der Waals surface area contributed by atoms with Crippen LogP contribution in [0.5, 0.6) is 0 Å². The fourth-order valence-electron chi connectivity index (χ4n) is 1.39. The molecule has 0 aromatic rings. The summed E-state index contributed by atoms with van der Waals surface area (Å²) in [5.74, 6) is 2.58. The van der Waals surface area contributed by atoms with Crippen LogP contribution in [0.1, 0.15) is 25.7 Å². The summed E-state index contributed by atoms with van der Waals surface area (Å²) in [4.78, 5) is 3.94. The van der Waals surface area contributed by atoms with E-state index in [9.17, 15) is 8.78 Å². The zero-order chi connectivity index (χ0) is 9.90. The summed E-state index contributed by atoms with van der Waals surface area (Å²) < 4.78 is 25.4. The maximum atomic E-state index is 12.7. The van der Waals surface area contributed by atoms with Crippen LogP contribution in [0.2, 0.25) is 0 Å². The van der Waals surface area contributed by atoms with Gasteiger partial charge in [-0.25, -0.2) is 19.6 Å². The Kier molecular flexibility index (Phi) is 3.02. The molecule has 0 aromatic carbocycles. The Balaban J connectivity index is 2.42. The van der Waals surface area contributed by atoms with Crippen molar-refractivity contribution < 1.29 is 8.78 Å². The van der Waals surface area contributed by atoms with E-state index in [0.717, 1.165) is 0 Å². The summed E-state index contributed by atoms with van der Waals surface area (Å²) in [6.45, 7) is 0. The van der Waals surface area contributed by atoms with E-state index in [1.54, 1.807) is 0 Å². The molecule has 0 bridgehead atoms. The summed E-state index contributed by atoms with van der Waals surface area (Å²) >= 11 is 0. The van der Waals surface area contributed by atoms with Crippen LogP contribution in [0, 0.1) is 0 Å². The molecule has 0 unspecified atom stereocenters. The molecule has 0 atom stereocenters. The van der Waals surface area contributed by atoms with E-state index in [4.69, 9.17) is 11.6 Å². The first-order valence-electron chi connectivity index (χ1n) is 4.21. The van der Waals surface area contributed by atoms with Crippen LogP contribution in [0.3, 0.4) is 0 Å². The van der Waals surface area contributed by atoms with Gasteiger partial charge >= 0.3 is 0 Å². The number of nitrogens with two attached hydrogens (primary N) is 2. The summed E-state index contributed by atoms with van der Waals surface area (Å²) in [5.41, 5.74) is 7.47. The average molecular weight is 192 g/mol. The SMILES string of the molecule is NNC(N)=NC1CCC(F)(F)CC1. The molecule has 1 aliphatic rings. The monoisotopic (exact) mass is 192 g/mol. The minimum absolute atomic E-state index is 0.107. The van der Waals surface area contributed by atoms with Crippen molar-refractivity contribution in [3.8, 4) is 0 Å². The molecule has 0 radical (unpaired) electrons. The van der Waals surface area contributed by atoms with E-state index >= 15 is 0 Å². The van der Waals surface area contributed by atoms with Gasteiger partial charge in [-0.2, -0.15) is 0 Å². The summed E-state index contributed by atoms with van der Waals surface area (Å²) in [6, 6.07) is -0.115. The van der Waals surface area contributed by atoms with Crippen molar-refractivity contribution in [3.63, 3.8) is 0 Å². The van der Waals surface area contributed by atoms with Gasteiger partial charge in [-0.1, -0.05) is 0 Å². The highest BCUT2D eigenvalue weighted by Gasteiger charge is 2.34. The van der Waals surface area contributed by atoms with Crippen LogP contribution in [0.15, 0.2) is 4.99 Å². The number of halogens is 2. The molecule has 1 aliphatic carbocycles. The lowest BCUT2D eigenvalue weighted by atomic mass is 9.93. The number of hydrazine groups is 1. The Morgan fingerprint density at radius 1 is 1.38 bits per heavy atom. The van der Waals surface area contributed by atoms with Crippen molar-refractivity contribution in [2.45, 2.75) is 37.6 Å². The van der Waals surface area contributed by atoms with Crippen molar-refractivity contribution >= 4 is 5.96 Å². The molecule has 4 nitrogen and oxygen atoms in total. The molecule has 0 aromatic heterocycles. The smallest absolute Gasteiger partial charge is 0.248 e. The second-order valence-corrected chi connectivity index (χ2v) is 3.25. The van der Waals surface area contributed by atoms with E-state index in [0.29, 0.717) is 12.8 Å². The largest absolute Gasteiger partial charge is 0.369 e. The third kappa shape index (κ3) is 3.14. The summed E-state index contributed by atoms with van der Waals surface area (Å²) in [6.07, 6.45) is 0.517. The molecule has 0 spiro atoms. The number of aliphatic imine (C=N–C) groups is 1. The van der Waals surface area contributed by atoms with E-state index in [1.807, 2.05) is 0 Å². The molecule has 0 heterocycles. The maximum Gasteiger partial charge on any atom is 0.248 e. The van der Waals surface area contributed by atoms with Gasteiger partial charge in [-0.05, 0) is 12.8 Å². The lowest BCUT2D eigenvalue weighted by Gasteiger charge is -2.25. The van der Waals surface area contributed by atoms with Crippen molar-refractivity contribution in [1.82, 2.24) is 5.43 Å². The number of alkyl halides is 2. The topological polar surface area (TPSA) is 76.4 Å². The predicted octanol–water partition coefficient (Wildman–Crippen LogP) is 0.342. The van der Waals surface area contributed by atoms with Gasteiger partial charge in [0.05, 0.1) is 6.04 Å². The first kappa shape index (κ1) is 10.2. The van der Waals surface area contributed by atoms with E-state index in [2.05, 4.69) is 10.4 Å². The molecule has 0 saturated heterocycles. The third-order valence-corrected chi connectivity index (χ3v) is 2.16. The molecule has 0 aliphatic heterocycles. The van der Waals surface area contributed by atoms with Gasteiger partial charge in [0.15, 0.2) is 0 Å². The summed E-state index contributed by atoms with van der Waals surface area (Å²) in [7, 11) is 0. The number of hydrogen-bond acceptors (Lipinski definition) is 2. The highest BCUT2D eigenvalue weighted by atomic mass is 19.3. The van der Waals surface area contributed by atoms with E-state index in [-0.39, 0.29) is 24.8 Å². The normalized spacial score (nSPS) is 24.4.